The molecule has 0 saturated carbocycles. The Kier molecular flexibility index (Phi) is 4.47. The Labute approximate surface area is 145 Å². The number of hydrogen-bond donors (Lipinski definition) is 3. The fourth-order valence-corrected chi connectivity index (χ4v) is 2.67. The molecule has 10 nitrogen and oxygen atoms in total. The Bertz CT molecular complexity index is 807. The molecule has 0 aromatic carbocycles. The molecule has 1 aliphatic heterocycles. The first-order valence-electron chi connectivity index (χ1n) is 8.27. The average Bonchev–Trinajstić information content (AvgIpc) is 3.08. The number of carbonyl (C=O) groups excluding carboxylic acids is 1. The van der Waals surface area contributed by atoms with Gasteiger partial charge >= 0.3 is 5.97 Å². The van der Waals surface area contributed by atoms with Crippen LogP contribution in [0.5, 0.6) is 0 Å². The quantitative estimate of drug-likeness (QED) is 0.613. The zero-order valence-corrected chi connectivity index (χ0v) is 13.9. The summed E-state index contributed by atoms with van der Waals surface area (Å²) in [5.41, 5.74) is 6.44. The third-order valence-corrected chi connectivity index (χ3v) is 3.90. The zero-order valence-electron chi connectivity index (χ0n) is 14.9. The van der Waals surface area contributed by atoms with Crippen LogP contribution in [0.2, 0.25) is 0 Å². The normalized spacial score (nSPS) is 27.4. The van der Waals surface area contributed by atoms with E-state index in [0.29, 0.717) is 11.2 Å². The minimum Gasteiger partial charge on any atom is -0.463 e. The van der Waals surface area contributed by atoms with Gasteiger partial charge in [-0.25, -0.2) is 15.0 Å². The number of aliphatic hydroxyl groups excluding tert-OH is 2. The number of ether oxygens (including phenoxy) is 2. The van der Waals surface area contributed by atoms with Gasteiger partial charge in [-0.2, -0.15) is 0 Å². The van der Waals surface area contributed by atoms with Gasteiger partial charge < -0.3 is 25.4 Å². The van der Waals surface area contributed by atoms with Gasteiger partial charge in [0.2, 0.25) is 0 Å². The fraction of sp³-hybridized carbons (Fsp3) is 0.600. The summed E-state index contributed by atoms with van der Waals surface area (Å²) in [6, 6.07) is 0. The maximum Gasteiger partial charge on any atom is 0.306 e. The van der Waals surface area contributed by atoms with Crippen LogP contribution in [0.15, 0.2) is 12.7 Å². The minimum absolute atomic E-state index is 0.0931. The molecule has 1 unspecified atom stereocenters. The van der Waals surface area contributed by atoms with E-state index in [4.69, 9.17) is 16.6 Å². The highest BCUT2D eigenvalue weighted by Crippen LogP contribution is 2.32. The number of aromatic nitrogens is 4. The molecule has 0 radical (unpaired) electrons. The highest BCUT2D eigenvalue weighted by molar-refractivity contribution is 5.81. The number of rotatable bonds is 5. The third-order valence-electron chi connectivity index (χ3n) is 3.90. The molecule has 1 aliphatic rings. The van der Waals surface area contributed by atoms with Crippen LogP contribution in [-0.2, 0) is 14.3 Å². The van der Waals surface area contributed by atoms with Gasteiger partial charge in [0.1, 0.15) is 36.8 Å². The number of nitrogens with two attached hydrogens (primary N) is 1. The molecule has 3 heterocycles. The first-order valence-corrected chi connectivity index (χ1v) is 7.77. The molecule has 136 valence electrons. The molecule has 0 spiro atoms. The van der Waals surface area contributed by atoms with E-state index in [1.807, 2.05) is 0 Å². The maximum atomic E-state index is 11.7. The lowest BCUT2D eigenvalue weighted by atomic mass is 10.1. The van der Waals surface area contributed by atoms with Gasteiger partial charge in [0.05, 0.1) is 6.33 Å². The van der Waals surface area contributed by atoms with Gasteiger partial charge in [-0.3, -0.25) is 9.36 Å². The van der Waals surface area contributed by atoms with Gasteiger partial charge in [-0.05, 0) is 5.89 Å². The number of imidazole rings is 1. The van der Waals surface area contributed by atoms with Gasteiger partial charge in [0.15, 0.2) is 17.7 Å². The van der Waals surface area contributed by atoms with Crippen molar-refractivity contribution in [3.8, 4) is 0 Å². The van der Waals surface area contributed by atoms with E-state index < -0.39 is 36.4 Å². The molecule has 10 heteroatoms. The smallest absolute Gasteiger partial charge is 0.306 e. The lowest BCUT2D eigenvalue weighted by molar-refractivity contribution is -0.150. The van der Waals surface area contributed by atoms with Crippen LogP contribution in [0.3, 0.4) is 0 Å². The molecule has 4 N–H and O–H groups in total. The second-order valence-corrected chi connectivity index (χ2v) is 6.20. The Hall–Kier alpha value is -2.30. The van der Waals surface area contributed by atoms with Crippen molar-refractivity contribution in [1.82, 2.24) is 19.5 Å². The SMILES string of the molecule is [2H]C(C)(C)CC(=O)OC[C@H]1OC(n2cnc3c(N)ncnc32)[C@@H](O)[C@@H]1O. The summed E-state index contributed by atoms with van der Waals surface area (Å²) < 4.78 is 19.9. The Balaban J connectivity index is 1.71. The standard InChI is InChI=1S/C15H21N5O5/c1-7(2)3-9(21)24-4-8-11(22)12(23)15(25-8)20-6-19-10-13(16)17-5-18-14(10)20/h5-8,11-12,15,22-23H,3-4H2,1-2H3,(H2,16,17,18)/t8-,11-,12+,15?/m1/s1/i7D. The molecule has 0 aliphatic carbocycles. The largest absolute Gasteiger partial charge is 0.463 e. The zero-order chi connectivity index (χ0) is 19.1. The van der Waals surface area contributed by atoms with Crippen LogP contribution < -0.4 is 5.73 Å². The highest BCUT2D eigenvalue weighted by Gasteiger charge is 2.44. The van der Waals surface area contributed by atoms with Crippen LogP contribution in [-0.4, -0.2) is 60.6 Å². The van der Waals surface area contributed by atoms with Crippen LogP contribution in [0.4, 0.5) is 5.82 Å². The van der Waals surface area contributed by atoms with Crippen LogP contribution >= 0.6 is 0 Å². The molecule has 3 rings (SSSR count). The van der Waals surface area contributed by atoms with Gasteiger partial charge in [-0.15, -0.1) is 0 Å². The molecule has 1 fully saturated rings. The molecular weight excluding hydrogens is 330 g/mol. The summed E-state index contributed by atoms with van der Waals surface area (Å²) in [7, 11) is 0. The summed E-state index contributed by atoms with van der Waals surface area (Å²) in [6.07, 6.45) is -1.90. The van der Waals surface area contributed by atoms with Crippen LogP contribution in [0.1, 0.15) is 27.9 Å². The highest BCUT2D eigenvalue weighted by atomic mass is 16.6. The van der Waals surface area contributed by atoms with Crippen molar-refractivity contribution in [3.63, 3.8) is 0 Å². The second-order valence-electron chi connectivity index (χ2n) is 6.20. The summed E-state index contributed by atoms with van der Waals surface area (Å²) in [6.45, 7) is 2.94. The topological polar surface area (TPSA) is 146 Å². The van der Waals surface area contributed by atoms with Crippen molar-refractivity contribution in [2.45, 2.75) is 44.8 Å². The number of carbonyl (C=O) groups is 1. The molecular formula is C15H21N5O5. The van der Waals surface area contributed by atoms with E-state index in [1.54, 1.807) is 13.8 Å². The third kappa shape index (κ3) is 3.41. The number of aliphatic hydroxyl groups is 2. The van der Waals surface area contributed by atoms with Gasteiger partial charge in [0, 0.05) is 7.79 Å². The fourth-order valence-electron chi connectivity index (χ4n) is 2.67. The summed E-state index contributed by atoms with van der Waals surface area (Å²) >= 11 is 0. The van der Waals surface area contributed by atoms with Gasteiger partial charge in [0.25, 0.3) is 0 Å². The summed E-state index contributed by atoms with van der Waals surface area (Å²) in [4.78, 5) is 23.7. The summed E-state index contributed by atoms with van der Waals surface area (Å²) in [5.74, 6) is -1.35. The maximum absolute atomic E-state index is 11.7. The van der Waals surface area contributed by atoms with Crippen LogP contribution in [0.25, 0.3) is 11.2 Å². The van der Waals surface area contributed by atoms with E-state index in [9.17, 15) is 15.0 Å². The molecule has 25 heavy (non-hydrogen) atoms. The number of nitrogens with zero attached hydrogens (tertiary/aromatic N) is 4. The van der Waals surface area contributed by atoms with Crippen molar-refractivity contribution in [2.24, 2.45) is 5.89 Å². The van der Waals surface area contributed by atoms with Crippen LogP contribution in [0, 0.1) is 5.89 Å². The average molecular weight is 352 g/mol. The van der Waals surface area contributed by atoms with E-state index in [0.717, 1.165) is 0 Å². The number of hydrogen-bond acceptors (Lipinski definition) is 9. The first-order chi connectivity index (χ1) is 12.2. The monoisotopic (exact) mass is 352 g/mol. The van der Waals surface area contributed by atoms with Crippen molar-refractivity contribution in [1.29, 1.82) is 0 Å². The molecule has 0 bridgehead atoms. The Morgan fingerprint density at radius 1 is 1.44 bits per heavy atom. The van der Waals surface area contributed by atoms with E-state index >= 15 is 0 Å². The lowest BCUT2D eigenvalue weighted by Crippen LogP contribution is -2.34. The van der Waals surface area contributed by atoms with Gasteiger partial charge in [-0.1, -0.05) is 13.8 Å². The van der Waals surface area contributed by atoms with Crippen molar-refractivity contribution >= 4 is 23.0 Å². The molecule has 4 atom stereocenters. The van der Waals surface area contributed by atoms with Crippen molar-refractivity contribution in [3.05, 3.63) is 12.7 Å². The Morgan fingerprint density at radius 2 is 2.20 bits per heavy atom. The minimum atomic E-state index is -1.28. The van der Waals surface area contributed by atoms with Crippen molar-refractivity contribution < 1.29 is 25.9 Å². The van der Waals surface area contributed by atoms with Crippen molar-refractivity contribution in [2.75, 3.05) is 12.3 Å². The van der Waals surface area contributed by atoms with E-state index in [2.05, 4.69) is 15.0 Å². The predicted molar refractivity (Wildman–Crippen MR) is 86.1 cm³/mol. The summed E-state index contributed by atoms with van der Waals surface area (Å²) in [5, 5.41) is 20.5. The van der Waals surface area contributed by atoms with E-state index in [1.165, 1.54) is 17.2 Å². The lowest BCUT2D eigenvalue weighted by Gasteiger charge is -2.16. The second kappa shape index (κ2) is 6.90. The molecule has 2 aromatic rings. The molecule has 2 aromatic heterocycles. The molecule has 0 amide bonds. The first kappa shape index (κ1) is 16.2. The number of fused-ring (bicyclic) bond motifs is 1. The van der Waals surface area contributed by atoms with E-state index in [-0.39, 0.29) is 18.8 Å². The molecule has 1 saturated heterocycles. The number of esters is 1. The number of nitrogen functional groups attached to an aromatic ring is 1. The number of anilines is 1. The predicted octanol–water partition coefficient (Wildman–Crippen LogP) is -0.383. The Morgan fingerprint density at radius 3 is 2.92 bits per heavy atom.